The van der Waals surface area contributed by atoms with Crippen molar-refractivity contribution >= 4 is 30.7 Å². The minimum absolute atomic E-state index is 0. The molecule has 1 atom stereocenters. The molecular weight excluding hydrogens is 373 g/mol. The van der Waals surface area contributed by atoms with Crippen LogP contribution in [0.3, 0.4) is 0 Å². The Balaban J connectivity index is 0.00000169. The molecule has 3 rings (SSSR count). The number of carbonyl (C=O) groups excluding carboxylic acids is 1. The number of ether oxygens (including phenoxy) is 1. The van der Waals surface area contributed by atoms with Gasteiger partial charge in [-0.2, -0.15) is 0 Å². The summed E-state index contributed by atoms with van der Waals surface area (Å²) in [6.45, 7) is 2.01. The Morgan fingerprint density at radius 2 is 1.92 bits per heavy atom. The van der Waals surface area contributed by atoms with Gasteiger partial charge in [0, 0.05) is 31.0 Å². The minimum Gasteiger partial charge on any atom is -0.496 e. The highest BCUT2D eigenvalue weighted by Gasteiger charge is 2.27. The fourth-order valence-electron chi connectivity index (χ4n) is 3.08. The van der Waals surface area contributed by atoms with Crippen molar-refractivity contribution in [1.82, 2.24) is 15.2 Å². The number of para-hydroxylation sites is 1. The van der Waals surface area contributed by atoms with Gasteiger partial charge in [-0.1, -0.05) is 18.2 Å². The van der Waals surface area contributed by atoms with Crippen molar-refractivity contribution in [2.45, 2.75) is 32.0 Å². The predicted molar refractivity (Wildman–Crippen MR) is 107 cm³/mol. The van der Waals surface area contributed by atoms with Gasteiger partial charge in [0.25, 0.3) is 0 Å². The lowest BCUT2D eigenvalue weighted by molar-refractivity contribution is -0.134. The lowest BCUT2D eigenvalue weighted by atomic mass is 10.1. The van der Waals surface area contributed by atoms with Gasteiger partial charge in [-0.3, -0.25) is 9.78 Å². The summed E-state index contributed by atoms with van der Waals surface area (Å²) in [4.78, 5) is 18.9. The summed E-state index contributed by atoms with van der Waals surface area (Å²) in [5.41, 5.74) is 2.09. The van der Waals surface area contributed by atoms with Crippen LogP contribution in [-0.4, -0.2) is 35.5 Å². The summed E-state index contributed by atoms with van der Waals surface area (Å²) in [7, 11) is 1.66. The molecule has 0 unspecified atom stereocenters. The zero-order valence-corrected chi connectivity index (χ0v) is 16.4. The van der Waals surface area contributed by atoms with Crippen LogP contribution < -0.4 is 10.1 Å². The molecule has 2 heterocycles. The standard InChI is InChI=1S/C19H23N3O2.2ClH/c1-24-18-7-3-2-5-16(18)14-22(13-15-8-11-20-12-9-15)19(23)17-6-4-10-21-17;;/h2-3,5,7-9,11-12,17,21H,4,6,10,13-14H2,1H3;2*1H/t17-;;/m1../s1. The molecule has 0 radical (unpaired) electrons. The molecule has 1 amide bonds. The molecule has 142 valence electrons. The predicted octanol–water partition coefficient (Wildman–Crippen LogP) is 3.21. The topological polar surface area (TPSA) is 54.5 Å². The molecule has 7 heteroatoms. The molecule has 1 aromatic carbocycles. The van der Waals surface area contributed by atoms with E-state index in [0.717, 1.165) is 36.3 Å². The molecule has 5 nitrogen and oxygen atoms in total. The Hall–Kier alpha value is -1.82. The first-order valence-electron chi connectivity index (χ1n) is 8.31. The number of amides is 1. The summed E-state index contributed by atoms with van der Waals surface area (Å²) in [6, 6.07) is 11.7. The number of pyridine rings is 1. The van der Waals surface area contributed by atoms with E-state index in [4.69, 9.17) is 4.74 Å². The molecule has 1 aromatic heterocycles. The second-order valence-electron chi connectivity index (χ2n) is 6.01. The summed E-state index contributed by atoms with van der Waals surface area (Å²) in [5.74, 6) is 0.958. The van der Waals surface area contributed by atoms with E-state index in [1.54, 1.807) is 19.5 Å². The van der Waals surface area contributed by atoms with E-state index in [-0.39, 0.29) is 36.8 Å². The SMILES string of the molecule is COc1ccccc1CN(Cc1ccncc1)C(=O)[C@H]1CCCN1.Cl.Cl. The van der Waals surface area contributed by atoms with Gasteiger partial charge in [-0.25, -0.2) is 0 Å². The molecule has 0 bridgehead atoms. The van der Waals surface area contributed by atoms with Gasteiger partial charge in [0.05, 0.1) is 13.2 Å². The number of aromatic nitrogens is 1. The second kappa shape index (κ2) is 11.0. The summed E-state index contributed by atoms with van der Waals surface area (Å²) in [5, 5.41) is 3.30. The van der Waals surface area contributed by atoms with Crippen LogP contribution in [0.5, 0.6) is 5.75 Å². The van der Waals surface area contributed by atoms with Gasteiger partial charge < -0.3 is 15.0 Å². The lowest BCUT2D eigenvalue weighted by Gasteiger charge is -2.26. The van der Waals surface area contributed by atoms with E-state index < -0.39 is 0 Å². The molecule has 1 fully saturated rings. The van der Waals surface area contributed by atoms with Gasteiger partial charge in [-0.15, -0.1) is 24.8 Å². The number of rotatable bonds is 6. The highest BCUT2D eigenvalue weighted by molar-refractivity contribution is 5.85. The lowest BCUT2D eigenvalue weighted by Crippen LogP contribution is -2.42. The number of halogens is 2. The highest BCUT2D eigenvalue weighted by atomic mass is 35.5. The van der Waals surface area contributed by atoms with Crippen molar-refractivity contribution in [2.75, 3.05) is 13.7 Å². The van der Waals surface area contributed by atoms with E-state index in [9.17, 15) is 4.79 Å². The highest BCUT2D eigenvalue weighted by Crippen LogP contribution is 2.22. The van der Waals surface area contributed by atoms with E-state index in [0.29, 0.717) is 13.1 Å². The van der Waals surface area contributed by atoms with Crippen LogP contribution in [0.2, 0.25) is 0 Å². The van der Waals surface area contributed by atoms with E-state index in [1.165, 1.54) is 0 Å². The molecule has 0 aliphatic carbocycles. The van der Waals surface area contributed by atoms with Gasteiger partial charge in [0.2, 0.25) is 5.91 Å². The van der Waals surface area contributed by atoms with Crippen LogP contribution in [0.1, 0.15) is 24.0 Å². The normalized spacial score (nSPS) is 15.5. The number of nitrogens with one attached hydrogen (secondary N) is 1. The van der Waals surface area contributed by atoms with Crippen LogP contribution in [0.15, 0.2) is 48.8 Å². The van der Waals surface area contributed by atoms with Gasteiger partial charge in [-0.05, 0) is 43.1 Å². The largest absolute Gasteiger partial charge is 0.496 e. The summed E-state index contributed by atoms with van der Waals surface area (Å²) < 4.78 is 5.44. The average molecular weight is 398 g/mol. The fourth-order valence-corrected chi connectivity index (χ4v) is 3.08. The Labute approximate surface area is 167 Å². The van der Waals surface area contributed by atoms with Gasteiger partial charge in [0.1, 0.15) is 5.75 Å². The molecule has 26 heavy (non-hydrogen) atoms. The zero-order valence-electron chi connectivity index (χ0n) is 14.8. The minimum atomic E-state index is -0.0819. The third-order valence-electron chi connectivity index (χ3n) is 4.35. The van der Waals surface area contributed by atoms with Crippen molar-refractivity contribution in [3.8, 4) is 5.75 Å². The van der Waals surface area contributed by atoms with Crippen molar-refractivity contribution in [3.05, 3.63) is 59.9 Å². The molecular formula is C19H25Cl2N3O2. The van der Waals surface area contributed by atoms with Crippen LogP contribution in [-0.2, 0) is 17.9 Å². The first kappa shape index (κ1) is 22.2. The van der Waals surface area contributed by atoms with Crippen LogP contribution in [0.25, 0.3) is 0 Å². The summed E-state index contributed by atoms with van der Waals surface area (Å²) in [6.07, 6.45) is 5.47. The smallest absolute Gasteiger partial charge is 0.240 e. The van der Waals surface area contributed by atoms with Crippen LogP contribution in [0, 0.1) is 0 Å². The number of benzene rings is 1. The third kappa shape index (κ3) is 5.59. The van der Waals surface area contributed by atoms with Crippen molar-refractivity contribution in [3.63, 3.8) is 0 Å². The molecule has 1 aliphatic rings. The van der Waals surface area contributed by atoms with Crippen LogP contribution >= 0.6 is 24.8 Å². The number of nitrogens with zero attached hydrogens (tertiary/aromatic N) is 2. The number of carbonyl (C=O) groups is 1. The van der Waals surface area contributed by atoms with Crippen LogP contribution in [0.4, 0.5) is 0 Å². The molecule has 2 aromatic rings. The second-order valence-corrected chi connectivity index (χ2v) is 6.01. The Bertz CT molecular complexity index is 679. The van der Waals surface area contributed by atoms with E-state index >= 15 is 0 Å². The monoisotopic (exact) mass is 397 g/mol. The zero-order chi connectivity index (χ0) is 16.8. The number of methoxy groups -OCH3 is 1. The van der Waals surface area contributed by atoms with Crippen molar-refractivity contribution < 1.29 is 9.53 Å². The maximum atomic E-state index is 13.0. The molecule has 0 spiro atoms. The van der Waals surface area contributed by atoms with Crippen molar-refractivity contribution in [1.29, 1.82) is 0 Å². The quantitative estimate of drug-likeness (QED) is 0.812. The number of hydrogen-bond donors (Lipinski definition) is 1. The fraction of sp³-hybridized carbons (Fsp3) is 0.368. The first-order valence-corrected chi connectivity index (χ1v) is 8.31. The third-order valence-corrected chi connectivity index (χ3v) is 4.35. The Morgan fingerprint density at radius 3 is 2.58 bits per heavy atom. The van der Waals surface area contributed by atoms with Gasteiger partial charge in [0.15, 0.2) is 0 Å². The molecule has 0 saturated carbocycles. The first-order chi connectivity index (χ1) is 11.8. The Morgan fingerprint density at radius 1 is 1.19 bits per heavy atom. The maximum absolute atomic E-state index is 13.0. The molecule has 1 N–H and O–H groups in total. The summed E-state index contributed by atoms with van der Waals surface area (Å²) >= 11 is 0. The molecule has 1 saturated heterocycles. The van der Waals surface area contributed by atoms with Gasteiger partial charge >= 0.3 is 0 Å². The number of hydrogen-bond acceptors (Lipinski definition) is 4. The molecule has 1 aliphatic heterocycles. The Kier molecular flexibility index (Phi) is 9.41. The van der Waals surface area contributed by atoms with Crippen molar-refractivity contribution in [2.24, 2.45) is 0 Å². The maximum Gasteiger partial charge on any atom is 0.240 e. The van der Waals surface area contributed by atoms with E-state index in [1.807, 2.05) is 41.3 Å². The van der Waals surface area contributed by atoms with E-state index in [2.05, 4.69) is 10.3 Å². The average Bonchev–Trinajstić information content (AvgIpc) is 3.16.